The minimum atomic E-state index is -0.0309. The zero-order valence-corrected chi connectivity index (χ0v) is 16.0. The summed E-state index contributed by atoms with van der Waals surface area (Å²) in [6.45, 7) is 3.32. The van der Waals surface area contributed by atoms with Crippen molar-refractivity contribution in [2.45, 2.75) is 38.7 Å². The normalized spacial score (nSPS) is 16.1. The van der Waals surface area contributed by atoms with Crippen molar-refractivity contribution in [1.82, 2.24) is 0 Å². The summed E-state index contributed by atoms with van der Waals surface area (Å²) in [5.74, 6) is 1.48. The van der Waals surface area contributed by atoms with Crippen molar-refractivity contribution < 1.29 is 19.0 Å². The number of methoxy groups -OCH3 is 1. The van der Waals surface area contributed by atoms with E-state index in [1.165, 1.54) is 0 Å². The van der Waals surface area contributed by atoms with Crippen LogP contribution in [0.3, 0.4) is 0 Å². The number of hydrogen-bond donors (Lipinski definition) is 1. The number of rotatable bonds is 8. The van der Waals surface area contributed by atoms with Gasteiger partial charge in [0.25, 0.3) is 0 Å². The molecule has 2 aromatic carbocycles. The number of hydrogen-bond acceptors (Lipinski definition) is 4. The molecule has 144 valence electrons. The van der Waals surface area contributed by atoms with Crippen LogP contribution >= 0.6 is 0 Å². The lowest BCUT2D eigenvalue weighted by Crippen LogP contribution is -2.18. The van der Waals surface area contributed by atoms with Gasteiger partial charge < -0.3 is 19.5 Å². The van der Waals surface area contributed by atoms with Crippen LogP contribution in [0.1, 0.15) is 30.4 Å². The highest BCUT2D eigenvalue weighted by atomic mass is 16.5. The lowest BCUT2D eigenvalue weighted by molar-refractivity contribution is -0.116. The van der Waals surface area contributed by atoms with Gasteiger partial charge in [-0.05, 0) is 61.6 Å². The molecule has 0 aromatic heterocycles. The molecular weight excluding hydrogens is 342 g/mol. The van der Waals surface area contributed by atoms with E-state index >= 15 is 0 Å². The molecule has 0 saturated carbocycles. The largest absolute Gasteiger partial charge is 0.497 e. The number of carbonyl (C=O) groups is 1. The third-order valence-electron chi connectivity index (χ3n) is 4.66. The van der Waals surface area contributed by atoms with E-state index in [-0.39, 0.29) is 12.0 Å². The molecule has 3 rings (SSSR count). The minimum Gasteiger partial charge on any atom is -0.497 e. The number of aryl methyl sites for hydroxylation is 2. The van der Waals surface area contributed by atoms with Crippen molar-refractivity contribution in [2.75, 3.05) is 25.6 Å². The summed E-state index contributed by atoms with van der Waals surface area (Å²) in [5, 5.41) is 2.98. The standard InChI is InChI=1S/C22H27NO4/c1-16-5-11-20(21(14-16)27-15-19-4-3-13-26-19)23-22(24)12-8-17-6-9-18(25-2)10-7-17/h5-7,9-11,14,19H,3-4,8,12-13,15H2,1-2H3,(H,23,24). The van der Waals surface area contributed by atoms with Gasteiger partial charge in [-0.2, -0.15) is 0 Å². The van der Waals surface area contributed by atoms with Crippen molar-refractivity contribution in [1.29, 1.82) is 0 Å². The predicted octanol–water partition coefficient (Wildman–Crippen LogP) is 4.13. The first-order valence-corrected chi connectivity index (χ1v) is 9.42. The van der Waals surface area contributed by atoms with Crippen LogP contribution in [0.4, 0.5) is 5.69 Å². The zero-order valence-electron chi connectivity index (χ0n) is 16.0. The Morgan fingerprint density at radius 3 is 2.74 bits per heavy atom. The van der Waals surface area contributed by atoms with E-state index < -0.39 is 0 Å². The summed E-state index contributed by atoms with van der Waals surface area (Å²) in [6.07, 6.45) is 3.33. The SMILES string of the molecule is COc1ccc(CCC(=O)Nc2ccc(C)cc2OCC2CCCO2)cc1. The third kappa shape index (κ3) is 5.73. The molecule has 0 bridgehead atoms. The molecule has 27 heavy (non-hydrogen) atoms. The molecule has 1 aliphatic rings. The topological polar surface area (TPSA) is 56.8 Å². The van der Waals surface area contributed by atoms with E-state index in [4.69, 9.17) is 14.2 Å². The van der Waals surface area contributed by atoms with E-state index in [2.05, 4.69) is 5.32 Å². The molecule has 1 heterocycles. The molecule has 0 radical (unpaired) electrons. The molecule has 2 aromatic rings. The Morgan fingerprint density at radius 2 is 2.04 bits per heavy atom. The van der Waals surface area contributed by atoms with E-state index in [1.54, 1.807) is 7.11 Å². The fraction of sp³-hybridized carbons (Fsp3) is 0.409. The van der Waals surface area contributed by atoms with Gasteiger partial charge in [-0.25, -0.2) is 0 Å². The predicted molar refractivity (Wildman–Crippen MR) is 106 cm³/mol. The molecule has 0 aliphatic carbocycles. The number of nitrogens with one attached hydrogen (secondary N) is 1. The van der Waals surface area contributed by atoms with Crippen molar-refractivity contribution >= 4 is 11.6 Å². The third-order valence-corrected chi connectivity index (χ3v) is 4.66. The van der Waals surface area contributed by atoms with E-state index in [0.717, 1.165) is 36.3 Å². The highest BCUT2D eigenvalue weighted by Gasteiger charge is 2.17. The summed E-state index contributed by atoms with van der Waals surface area (Å²) in [5.41, 5.74) is 2.90. The van der Waals surface area contributed by atoms with Crippen LogP contribution in [0.2, 0.25) is 0 Å². The van der Waals surface area contributed by atoms with Gasteiger partial charge in [0.15, 0.2) is 0 Å². The number of carbonyl (C=O) groups excluding carboxylic acids is 1. The molecule has 5 heteroatoms. The van der Waals surface area contributed by atoms with E-state index in [0.29, 0.717) is 30.9 Å². The Bertz CT molecular complexity index is 751. The minimum absolute atomic E-state index is 0.0309. The van der Waals surface area contributed by atoms with Crippen molar-refractivity contribution in [3.05, 3.63) is 53.6 Å². The average Bonchev–Trinajstić information content (AvgIpc) is 3.20. The van der Waals surface area contributed by atoms with Crippen LogP contribution in [0, 0.1) is 6.92 Å². The summed E-state index contributed by atoms with van der Waals surface area (Å²) in [6, 6.07) is 13.6. The molecule has 5 nitrogen and oxygen atoms in total. The summed E-state index contributed by atoms with van der Waals surface area (Å²) < 4.78 is 16.7. The second-order valence-electron chi connectivity index (χ2n) is 6.84. The maximum absolute atomic E-state index is 12.4. The van der Waals surface area contributed by atoms with Crippen LogP contribution in [0.5, 0.6) is 11.5 Å². The van der Waals surface area contributed by atoms with Crippen LogP contribution < -0.4 is 14.8 Å². The summed E-state index contributed by atoms with van der Waals surface area (Å²) in [4.78, 5) is 12.4. The highest BCUT2D eigenvalue weighted by Crippen LogP contribution is 2.27. The summed E-state index contributed by atoms with van der Waals surface area (Å²) >= 11 is 0. The maximum Gasteiger partial charge on any atom is 0.224 e. The molecule has 1 aliphatic heterocycles. The zero-order chi connectivity index (χ0) is 19.1. The highest BCUT2D eigenvalue weighted by molar-refractivity contribution is 5.92. The number of benzene rings is 2. The molecule has 1 unspecified atom stereocenters. The quantitative estimate of drug-likeness (QED) is 0.760. The first-order valence-electron chi connectivity index (χ1n) is 9.42. The second-order valence-corrected chi connectivity index (χ2v) is 6.84. The number of anilines is 1. The molecule has 1 fully saturated rings. The van der Waals surface area contributed by atoms with Crippen LogP contribution in [0.15, 0.2) is 42.5 Å². The maximum atomic E-state index is 12.4. The number of amides is 1. The molecule has 1 saturated heterocycles. The molecule has 1 atom stereocenters. The Balaban J connectivity index is 1.55. The van der Waals surface area contributed by atoms with Crippen molar-refractivity contribution in [3.8, 4) is 11.5 Å². The lowest BCUT2D eigenvalue weighted by atomic mass is 10.1. The van der Waals surface area contributed by atoms with E-state index in [9.17, 15) is 4.79 Å². The van der Waals surface area contributed by atoms with Gasteiger partial charge in [-0.1, -0.05) is 18.2 Å². The molecular formula is C22H27NO4. The van der Waals surface area contributed by atoms with Gasteiger partial charge in [0.05, 0.1) is 18.9 Å². The van der Waals surface area contributed by atoms with Crippen molar-refractivity contribution in [3.63, 3.8) is 0 Å². The Kier molecular flexibility index (Phi) is 6.71. The fourth-order valence-corrected chi connectivity index (χ4v) is 3.07. The average molecular weight is 369 g/mol. The van der Waals surface area contributed by atoms with Gasteiger partial charge in [0.2, 0.25) is 5.91 Å². The Hall–Kier alpha value is -2.53. The van der Waals surface area contributed by atoms with Gasteiger partial charge in [0, 0.05) is 13.0 Å². The first kappa shape index (κ1) is 19.2. The first-order chi connectivity index (χ1) is 13.1. The van der Waals surface area contributed by atoms with Crippen molar-refractivity contribution in [2.24, 2.45) is 0 Å². The van der Waals surface area contributed by atoms with Gasteiger partial charge in [0.1, 0.15) is 18.1 Å². The Morgan fingerprint density at radius 1 is 1.22 bits per heavy atom. The van der Waals surface area contributed by atoms with E-state index in [1.807, 2.05) is 49.4 Å². The molecule has 1 amide bonds. The second kappa shape index (κ2) is 9.42. The lowest BCUT2D eigenvalue weighted by Gasteiger charge is -2.16. The molecule has 0 spiro atoms. The van der Waals surface area contributed by atoms with Gasteiger partial charge >= 0.3 is 0 Å². The molecule has 1 N–H and O–H groups in total. The van der Waals surface area contributed by atoms with Gasteiger partial charge in [-0.15, -0.1) is 0 Å². The monoisotopic (exact) mass is 369 g/mol. The Labute approximate surface area is 160 Å². The van der Waals surface area contributed by atoms with Gasteiger partial charge in [-0.3, -0.25) is 4.79 Å². The van der Waals surface area contributed by atoms with Crippen LogP contribution in [0.25, 0.3) is 0 Å². The fourth-order valence-electron chi connectivity index (χ4n) is 3.07. The van der Waals surface area contributed by atoms with Crippen LogP contribution in [-0.2, 0) is 16.0 Å². The summed E-state index contributed by atoms with van der Waals surface area (Å²) in [7, 11) is 1.64. The smallest absolute Gasteiger partial charge is 0.224 e. The number of ether oxygens (including phenoxy) is 3. The van der Waals surface area contributed by atoms with Crippen LogP contribution in [-0.4, -0.2) is 32.3 Å².